The van der Waals surface area contributed by atoms with Crippen LogP contribution < -0.4 is 10.6 Å². The number of carbonyl (C=O) groups is 1. The summed E-state index contributed by atoms with van der Waals surface area (Å²) in [4.78, 5) is 14.5. The molecule has 0 bridgehead atoms. The summed E-state index contributed by atoms with van der Waals surface area (Å²) in [5.41, 5.74) is 4.42. The van der Waals surface area contributed by atoms with Gasteiger partial charge in [0.25, 0.3) is 0 Å². The smallest absolute Gasteiger partial charge is 0.225 e. The summed E-state index contributed by atoms with van der Waals surface area (Å²) in [6.07, 6.45) is 0.496. The molecule has 1 saturated heterocycles. The van der Waals surface area contributed by atoms with E-state index in [1.165, 1.54) is 5.56 Å². The van der Waals surface area contributed by atoms with Crippen molar-refractivity contribution in [3.05, 3.63) is 28.8 Å². The molecule has 1 aromatic carbocycles. The molecule has 23 heavy (non-hydrogen) atoms. The maximum Gasteiger partial charge on any atom is 0.225 e. The number of hydrogen-bond acceptors (Lipinski definition) is 4. The quantitative estimate of drug-likeness (QED) is 0.753. The Kier molecular flexibility index (Phi) is 7.02. The third-order valence-corrected chi connectivity index (χ3v) is 4.18. The third kappa shape index (κ3) is 5.94. The van der Waals surface area contributed by atoms with E-state index in [2.05, 4.69) is 34.6 Å². The highest BCUT2D eigenvalue weighted by Gasteiger charge is 2.10. The van der Waals surface area contributed by atoms with Crippen LogP contribution in [0.4, 0.5) is 5.69 Å². The largest absolute Gasteiger partial charge is 0.379 e. The first-order chi connectivity index (χ1) is 11.1. The average Bonchev–Trinajstić information content (AvgIpc) is 2.51. The molecule has 2 rings (SSSR count). The van der Waals surface area contributed by atoms with Crippen LogP contribution in [0.1, 0.15) is 23.1 Å². The minimum Gasteiger partial charge on any atom is -0.379 e. The Balaban J connectivity index is 1.65. The number of carbonyl (C=O) groups excluding carboxylic acids is 1. The van der Waals surface area contributed by atoms with E-state index in [1.54, 1.807) is 0 Å². The molecule has 1 aliphatic heterocycles. The van der Waals surface area contributed by atoms with Gasteiger partial charge in [-0.3, -0.25) is 9.69 Å². The van der Waals surface area contributed by atoms with Crippen molar-refractivity contribution in [3.8, 4) is 0 Å². The summed E-state index contributed by atoms with van der Waals surface area (Å²) in [5, 5.41) is 6.38. The van der Waals surface area contributed by atoms with E-state index in [-0.39, 0.29) is 5.91 Å². The number of ether oxygens (including phenoxy) is 1. The number of nitrogens with one attached hydrogen (secondary N) is 2. The van der Waals surface area contributed by atoms with Gasteiger partial charge in [0, 0.05) is 44.8 Å². The first kappa shape index (κ1) is 17.9. The molecular formula is C18H29N3O2. The Labute approximate surface area is 139 Å². The number of anilines is 1. The van der Waals surface area contributed by atoms with Crippen LogP contribution in [0, 0.1) is 20.8 Å². The summed E-state index contributed by atoms with van der Waals surface area (Å²) < 4.78 is 5.33. The number of benzene rings is 1. The fraction of sp³-hybridized carbons (Fsp3) is 0.611. The molecule has 128 valence electrons. The van der Waals surface area contributed by atoms with Crippen molar-refractivity contribution in [2.75, 3.05) is 51.3 Å². The van der Waals surface area contributed by atoms with Crippen LogP contribution in [0.25, 0.3) is 0 Å². The first-order valence-electron chi connectivity index (χ1n) is 8.45. The van der Waals surface area contributed by atoms with Crippen LogP contribution in [0.15, 0.2) is 12.1 Å². The van der Waals surface area contributed by atoms with Crippen molar-refractivity contribution < 1.29 is 9.53 Å². The predicted molar refractivity (Wildman–Crippen MR) is 94.0 cm³/mol. The van der Waals surface area contributed by atoms with Crippen LogP contribution in [-0.4, -0.2) is 56.7 Å². The van der Waals surface area contributed by atoms with Gasteiger partial charge in [-0.2, -0.15) is 0 Å². The SMILES string of the molecule is Cc1cc(C)c(NC(=O)CCNCCN2CCOCC2)c(C)c1. The van der Waals surface area contributed by atoms with E-state index in [1.807, 2.05) is 13.8 Å². The molecule has 1 heterocycles. The van der Waals surface area contributed by atoms with Gasteiger partial charge in [-0.25, -0.2) is 0 Å². The molecule has 0 unspecified atom stereocenters. The van der Waals surface area contributed by atoms with Gasteiger partial charge in [0.1, 0.15) is 0 Å². The van der Waals surface area contributed by atoms with Gasteiger partial charge < -0.3 is 15.4 Å². The van der Waals surface area contributed by atoms with E-state index in [4.69, 9.17) is 4.74 Å². The van der Waals surface area contributed by atoms with Crippen LogP contribution in [-0.2, 0) is 9.53 Å². The second kappa shape index (κ2) is 9.01. The monoisotopic (exact) mass is 319 g/mol. The van der Waals surface area contributed by atoms with Gasteiger partial charge in [0.2, 0.25) is 5.91 Å². The normalized spacial score (nSPS) is 15.6. The van der Waals surface area contributed by atoms with Crippen molar-refractivity contribution in [1.82, 2.24) is 10.2 Å². The van der Waals surface area contributed by atoms with Gasteiger partial charge in [-0.15, -0.1) is 0 Å². The van der Waals surface area contributed by atoms with Crippen molar-refractivity contribution in [2.24, 2.45) is 0 Å². The van der Waals surface area contributed by atoms with Crippen molar-refractivity contribution in [2.45, 2.75) is 27.2 Å². The van der Waals surface area contributed by atoms with Gasteiger partial charge in [-0.05, 0) is 31.9 Å². The summed E-state index contributed by atoms with van der Waals surface area (Å²) in [7, 11) is 0. The molecule has 0 aromatic heterocycles. The Bertz CT molecular complexity index is 502. The van der Waals surface area contributed by atoms with Crippen molar-refractivity contribution in [1.29, 1.82) is 0 Å². The lowest BCUT2D eigenvalue weighted by Gasteiger charge is -2.26. The number of morpholine rings is 1. The molecule has 0 aliphatic carbocycles. The number of nitrogens with zero attached hydrogens (tertiary/aromatic N) is 1. The van der Waals surface area contributed by atoms with Gasteiger partial charge >= 0.3 is 0 Å². The molecule has 1 aliphatic rings. The molecule has 5 heteroatoms. The van der Waals surface area contributed by atoms with Crippen LogP contribution >= 0.6 is 0 Å². The highest BCUT2D eigenvalue weighted by atomic mass is 16.5. The maximum absolute atomic E-state index is 12.1. The third-order valence-electron chi connectivity index (χ3n) is 4.18. The zero-order chi connectivity index (χ0) is 16.7. The van der Waals surface area contributed by atoms with Crippen LogP contribution in [0.5, 0.6) is 0 Å². The van der Waals surface area contributed by atoms with Crippen molar-refractivity contribution in [3.63, 3.8) is 0 Å². The number of aryl methyl sites for hydroxylation is 3. The Hall–Kier alpha value is -1.43. The molecule has 1 aromatic rings. The van der Waals surface area contributed by atoms with Gasteiger partial charge in [0.05, 0.1) is 13.2 Å². The van der Waals surface area contributed by atoms with E-state index in [9.17, 15) is 4.79 Å². The summed E-state index contributed by atoms with van der Waals surface area (Å²) >= 11 is 0. The second-order valence-electron chi connectivity index (χ2n) is 6.28. The highest BCUT2D eigenvalue weighted by Crippen LogP contribution is 2.21. The van der Waals surface area contributed by atoms with E-state index < -0.39 is 0 Å². The number of amides is 1. The molecule has 0 radical (unpaired) electrons. The summed E-state index contributed by atoms with van der Waals surface area (Å²) in [5.74, 6) is 0.0684. The number of hydrogen-bond donors (Lipinski definition) is 2. The summed E-state index contributed by atoms with van der Waals surface area (Å²) in [6.45, 7) is 12.5. The highest BCUT2D eigenvalue weighted by molar-refractivity contribution is 5.92. The molecule has 0 atom stereocenters. The van der Waals surface area contributed by atoms with Crippen molar-refractivity contribution >= 4 is 11.6 Å². The standard InChI is InChI=1S/C18H29N3O2/c1-14-12-15(2)18(16(3)13-14)20-17(22)4-5-19-6-7-21-8-10-23-11-9-21/h12-13,19H,4-11H2,1-3H3,(H,20,22). The minimum atomic E-state index is 0.0684. The predicted octanol–water partition coefficient (Wildman–Crippen LogP) is 1.86. The van der Waals surface area contributed by atoms with Crippen LogP contribution in [0.3, 0.4) is 0 Å². The molecule has 0 saturated carbocycles. The molecule has 1 amide bonds. The summed E-state index contributed by atoms with van der Waals surface area (Å²) in [6, 6.07) is 4.20. The lowest BCUT2D eigenvalue weighted by atomic mass is 10.1. The first-order valence-corrected chi connectivity index (χ1v) is 8.45. The van der Waals surface area contributed by atoms with Gasteiger partial charge in [0.15, 0.2) is 0 Å². The lowest BCUT2D eigenvalue weighted by Crippen LogP contribution is -2.40. The Morgan fingerprint density at radius 1 is 1.13 bits per heavy atom. The van der Waals surface area contributed by atoms with E-state index in [0.29, 0.717) is 13.0 Å². The van der Waals surface area contributed by atoms with E-state index >= 15 is 0 Å². The molecule has 1 fully saturated rings. The Morgan fingerprint density at radius 3 is 2.43 bits per heavy atom. The average molecular weight is 319 g/mol. The number of rotatable bonds is 7. The molecular weight excluding hydrogens is 290 g/mol. The fourth-order valence-corrected chi connectivity index (χ4v) is 2.97. The van der Waals surface area contributed by atoms with E-state index in [0.717, 1.165) is 56.2 Å². The van der Waals surface area contributed by atoms with Crippen LogP contribution in [0.2, 0.25) is 0 Å². The Morgan fingerprint density at radius 2 is 1.78 bits per heavy atom. The fourth-order valence-electron chi connectivity index (χ4n) is 2.97. The maximum atomic E-state index is 12.1. The molecule has 2 N–H and O–H groups in total. The molecule has 5 nitrogen and oxygen atoms in total. The molecule has 0 spiro atoms. The zero-order valence-corrected chi connectivity index (χ0v) is 14.6. The lowest BCUT2D eigenvalue weighted by molar-refractivity contribution is -0.116. The minimum absolute atomic E-state index is 0.0684. The zero-order valence-electron chi connectivity index (χ0n) is 14.6. The second-order valence-corrected chi connectivity index (χ2v) is 6.28. The topological polar surface area (TPSA) is 53.6 Å². The van der Waals surface area contributed by atoms with Gasteiger partial charge in [-0.1, -0.05) is 17.7 Å².